The van der Waals surface area contributed by atoms with Gasteiger partial charge in [-0.3, -0.25) is 0 Å². The van der Waals surface area contributed by atoms with Crippen LogP contribution >= 0.6 is 0 Å². The van der Waals surface area contributed by atoms with Crippen molar-refractivity contribution in [3.8, 4) is 11.6 Å². The van der Waals surface area contributed by atoms with Crippen LogP contribution in [0.15, 0.2) is 6.07 Å². The molecule has 0 saturated carbocycles. The molecule has 0 aliphatic rings. The second-order valence-electron chi connectivity index (χ2n) is 2.88. The number of hydrogen-bond acceptors (Lipinski definition) is 5. The van der Waals surface area contributed by atoms with Crippen LogP contribution in [0.3, 0.4) is 0 Å². The molecule has 9 heteroatoms. The summed E-state index contributed by atoms with van der Waals surface area (Å²) in [5.74, 6) is -3.74. The van der Waals surface area contributed by atoms with E-state index >= 15 is 0 Å². The molecular weight excluding hydrogens is 245 g/mol. The van der Waals surface area contributed by atoms with E-state index in [1.54, 1.807) is 0 Å². The number of halogens is 3. The molecule has 94 valence electrons. The highest BCUT2D eigenvalue weighted by molar-refractivity contribution is 5.87. The molecule has 0 aliphatic carbocycles. The Labute approximate surface area is 92.4 Å². The topological polar surface area (TPSA) is 106 Å². The average Bonchev–Trinajstić information content (AvgIpc) is 2.18. The predicted octanol–water partition coefficient (Wildman–Crippen LogP) is 0.843. The highest BCUT2D eigenvalue weighted by Gasteiger charge is 2.34. The van der Waals surface area contributed by atoms with E-state index in [4.69, 9.17) is 15.9 Å². The first-order chi connectivity index (χ1) is 7.74. The molecule has 0 atom stereocenters. The number of carbonyl (C=O) groups is 1. The zero-order chi connectivity index (χ0) is 13.2. The summed E-state index contributed by atoms with van der Waals surface area (Å²) >= 11 is 0. The van der Waals surface area contributed by atoms with Gasteiger partial charge in [-0.1, -0.05) is 0 Å². The molecule has 0 aliphatic heterocycles. The zero-order valence-corrected chi connectivity index (χ0v) is 8.15. The summed E-state index contributed by atoms with van der Waals surface area (Å²) in [7, 11) is 0. The van der Waals surface area contributed by atoms with Crippen LogP contribution in [0.2, 0.25) is 0 Å². The highest BCUT2D eigenvalue weighted by Crippen LogP contribution is 2.30. The second-order valence-corrected chi connectivity index (χ2v) is 2.88. The maximum atomic E-state index is 11.9. The fourth-order valence-electron chi connectivity index (χ4n) is 1.05. The number of pyridine rings is 1. The average molecular weight is 252 g/mol. The van der Waals surface area contributed by atoms with Gasteiger partial charge in [0.1, 0.15) is 0 Å². The van der Waals surface area contributed by atoms with Crippen molar-refractivity contribution in [3.05, 3.63) is 17.3 Å². The van der Waals surface area contributed by atoms with Crippen LogP contribution in [0.5, 0.6) is 11.6 Å². The van der Waals surface area contributed by atoms with E-state index < -0.39 is 29.7 Å². The SMILES string of the molecule is NCc1cc(O)c(OC(F)(F)F)nc1C(=O)O. The van der Waals surface area contributed by atoms with Crippen molar-refractivity contribution in [3.63, 3.8) is 0 Å². The maximum Gasteiger partial charge on any atom is 0.574 e. The molecule has 0 spiro atoms. The van der Waals surface area contributed by atoms with E-state index in [0.717, 1.165) is 6.07 Å². The van der Waals surface area contributed by atoms with Gasteiger partial charge in [0.2, 0.25) is 0 Å². The first kappa shape index (κ1) is 13.0. The standard InChI is InChI=1S/C8H7F3N2O4/c9-8(10,11)17-6-4(14)1-3(2-12)5(13-6)7(15)16/h1,14H,2,12H2,(H,15,16). The third kappa shape index (κ3) is 3.21. The van der Waals surface area contributed by atoms with Gasteiger partial charge in [-0.25, -0.2) is 9.78 Å². The molecule has 0 radical (unpaired) electrons. The van der Waals surface area contributed by atoms with Gasteiger partial charge in [0.05, 0.1) is 0 Å². The summed E-state index contributed by atoms with van der Waals surface area (Å²) in [6.45, 7) is -0.297. The smallest absolute Gasteiger partial charge is 0.503 e. The van der Waals surface area contributed by atoms with Gasteiger partial charge >= 0.3 is 12.3 Å². The molecule has 1 aromatic heterocycles. The second kappa shape index (κ2) is 4.45. The summed E-state index contributed by atoms with van der Waals surface area (Å²) in [5.41, 5.74) is 4.35. The van der Waals surface area contributed by atoms with E-state index in [-0.39, 0.29) is 12.1 Å². The highest BCUT2D eigenvalue weighted by atomic mass is 19.4. The summed E-state index contributed by atoms with van der Waals surface area (Å²) in [6, 6.07) is 0.761. The summed E-state index contributed by atoms with van der Waals surface area (Å²) in [5, 5.41) is 17.8. The minimum absolute atomic E-state index is 0.107. The number of nitrogens with zero attached hydrogens (tertiary/aromatic N) is 1. The van der Waals surface area contributed by atoms with Crippen LogP contribution in [0.25, 0.3) is 0 Å². The van der Waals surface area contributed by atoms with Gasteiger partial charge in [-0.15, -0.1) is 13.2 Å². The van der Waals surface area contributed by atoms with Crippen molar-refractivity contribution >= 4 is 5.97 Å². The van der Waals surface area contributed by atoms with E-state index in [1.165, 1.54) is 0 Å². The van der Waals surface area contributed by atoms with E-state index in [0.29, 0.717) is 0 Å². The van der Waals surface area contributed by atoms with Crippen LogP contribution in [-0.4, -0.2) is 27.5 Å². The molecule has 1 rings (SSSR count). The third-order valence-corrected chi connectivity index (χ3v) is 1.68. The number of ether oxygens (including phenoxy) is 1. The Balaban J connectivity index is 3.25. The first-order valence-electron chi connectivity index (χ1n) is 4.16. The lowest BCUT2D eigenvalue weighted by molar-refractivity contribution is -0.276. The van der Waals surface area contributed by atoms with Crippen molar-refractivity contribution in [2.75, 3.05) is 0 Å². The van der Waals surface area contributed by atoms with Gasteiger partial charge in [-0.05, 0) is 6.07 Å². The Morgan fingerprint density at radius 2 is 2.12 bits per heavy atom. The number of hydrogen-bond donors (Lipinski definition) is 3. The number of carboxylic acid groups (broad SMARTS) is 1. The molecule has 0 aromatic carbocycles. The van der Waals surface area contributed by atoms with Crippen LogP contribution in [0.4, 0.5) is 13.2 Å². The van der Waals surface area contributed by atoms with Crippen molar-refractivity contribution in [2.45, 2.75) is 12.9 Å². The summed E-state index contributed by atoms with van der Waals surface area (Å²) in [6.07, 6.45) is -5.08. The molecule has 17 heavy (non-hydrogen) atoms. The fraction of sp³-hybridized carbons (Fsp3) is 0.250. The van der Waals surface area contributed by atoms with Gasteiger partial charge in [0.25, 0.3) is 5.88 Å². The number of carboxylic acids is 1. The number of nitrogens with two attached hydrogens (primary N) is 1. The van der Waals surface area contributed by atoms with E-state index in [2.05, 4.69) is 9.72 Å². The van der Waals surface area contributed by atoms with Crippen LogP contribution in [0, 0.1) is 0 Å². The van der Waals surface area contributed by atoms with Gasteiger partial charge in [0.15, 0.2) is 11.4 Å². The summed E-state index contributed by atoms with van der Waals surface area (Å²) < 4.78 is 39.0. The Kier molecular flexibility index (Phi) is 3.42. The molecule has 0 amide bonds. The molecule has 1 heterocycles. The number of aromatic hydroxyl groups is 1. The molecule has 6 nitrogen and oxygen atoms in total. The number of alkyl halides is 3. The molecule has 0 bridgehead atoms. The zero-order valence-electron chi connectivity index (χ0n) is 8.15. The molecular formula is C8H7F3N2O4. The van der Waals surface area contributed by atoms with Crippen molar-refractivity contribution in [1.29, 1.82) is 0 Å². The molecule has 0 saturated heterocycles. The fourth-order valence-corrected chi connectivity index (χ4v) is 1.05. The van der Waals surface area contributed by atoms with Crippen LogP contribution in [-0.2, 0) is 6.54 Å². The minimum Gasteiger partial charge on any atom is -0.503 e. The van der Waals surface area contributed by atoms with Crippen molar-refractivity contribution < 1.29 is 32.9 Å². The largest absolute Gasteiger partial charge is 0.574 e. The Hall–Kier alpha value is -2.03. The van der Waals surface area contributed by atoms with Gasteiger partial charge in [0, 0.05) is 12.1 Å². The Morgan fingerprint density at radius 3 is 2.53 bits per heavy atom. The minimum atomic E-state index is -5.08. The molecule has 0 fully saturated rings. The maximum absolute atomic E-state index is 11.9. The lowest BCUT2D eigenvalue weighted by Crippen LogP contribution is -2.19. The Morgan fingerprint density at radius 1 is 1.53 bits per heavy atom. The first-order valence-corrected chi connectivity index (χ1v) is 4.16. The van der Waals surface area contributed by atoms with Crippen LogP contribution in [0.1, 0.15) is 16.1 Å². The van der Waals surface area contributed by atoms with Gasteiger partial charge < -0.3 is 20.7 Å². The number of aromatic carboxylic acids is 1. The normalized spacial score (nSPS) is 11.3. The lowest BCUT2D eigenvalue weighted by atomic mass is 10.2. The van der Waals surface area contributed by atoms with Gasteiger partial charge in [-0.2, -0.15) is 0 Å². The quantitative estimate of drug-likeness (QED) is 0.736. The monoisotopic (exact) mass is 252 g/mol. The molecule has 1 aromatic rings. The van der Waals surface area contributed by atoms with Crippen molar-refractivity contribution in [1.82, 2.24) is 4.98 Å². The van der Waals surface area contributed by atoms with E-state index in [1.807, 2.05) is 0 Å². The predicted molar refractivity (Wildman–Crippen MR) is 47.4 cm³/mol. The van der Waals surface area contributed by atoms with Crippen LogP contribution < -0.4 is 10.5 Å². The number of rotatable bonds is 3. The summed E-state index contributed by atoms with van der Waals surface area (Å²) in [4.78, 5) is 13.7. The molecule has 0 unspecified atom stereocenters. The lowest BCUT2D eigenvalue weighted by Gasteiger charge is -2.11. The Bertz CT molecular complexity index is 447. The molecule has 4 N–H and O–H groups in total. The third-order valence-electron chi connectivity index (χ3n) is 1.68. The van der Waals surface area contributed by atoms with Crippen molar-refractivity contribution in [2.24, 2.45) is 5.73 Å². The number of aromatic nitrogens is 1. The van der Waals surface area contributed by atoms with E-state index in [9.17, 15) is 18.0 Å².